The minimum atomic E-state index is -0.426. The molecule has 1 N–H and O–H groups in total. The number of nitrogens with zero attached hydrogens (tertiary/aromatic N) is 1. The first-order chi connectivity index (χ1) is 18.3. The number of rotatable bonds is 6. The van der Waals surface area contributed by atoms with Crippen molar-refractivity contribution in [3.05, 3.63) is 80.1 Å². The summed E-state index contributed by atoms with van der Waals surface area (Å²) in [6, 6.07) is 10.6. The third-order valence-electron chi connectivity index (χ3n) is 7.51. The lowest BCUT2D eigenvalue weighted by Crippen LogP contribution is -2.39. The zero-order chi connectivity index (χ0) is 27.0. The van der Waals surface area contributed by atoms with Gasteiger partial charge in [0.05, 0.1) is 5.02 Å². The van der Waals surface area contributed by atoms with E-state index < -0.39 is 5.92 Å². The molecule has 2 aromatic rings. The zero-order valence-electron chi connectivity index (χ0n) is 21.5. The normalized spacial score (nSPS) is 17.9. The van der Waals surface area contributed by atoms with E-state index >= 15 is 0 Å². The Balaban J connectivity index is 1.40. The lowest BCUT2D eigenvalue weighted by atomic mass is 9.71. The molecule has 198 valence electrons. The first kappa shape index (κ1) is 26.5. The number of ether oxygens (including phenoxy) is 1. The lowest BCUT2D eigenvalue weighted by molar-refractivity contribution is -0.118. The number of benzene rings is 2. The number of hydrogen-bond acceptors (Lipinski definition) is 5. The Morgan fingerprint density at radius 3 is 2.18 bits per heavy atom. The molecule has 0 bridgehead atoms. The number of halogens is 2. The lowest BCUT2D eigenvalue weighted by Gasteiger charge is -2.43. The Morgan fingerprint density at radius 2 is 1.61 bits per heavy atom. The Hall–Kier alpha value is -3.09. The molecule has 0 spiro atoms. The smallest absolute Gasteiger partial charge is 0.262 e. The predicted molar refractivity (Wildman–Crippen MR) is 149 cm³/mol. The van der Waals surface area contributed by atoms with Gasteiger partial charge in [0.15, 0.2) is 18.2 Å². The molecule has 0 aromatic heterocycles. The van der Waals surface area contributed by atoms with Gasteiger partial charge in [0.2, 0.25) is 0 Å². The molecule has 2 aliphatic carbocycles. The van der Waals surface area contributed by atoms with E-state index in [-0.39, 0.29) is 24.1 Å². The van der Waals surface area contributed by atoms with Crippen LogP contribution in [0, 0.1) is 6.92 Å². The van der Waals surface area contributed by atoms with E-state index in [1.54, 1.807) is 24.3 Å². The predicted octanol–water partition coefficient (Wildman–Crippen LogP) is 6.75. The molecule has 2 aromatic carbocycles. The molecule has 6 nitrogen and oxygen atoms in total. The standard InChI is InChI=1S/C30H30Cl2N2O4/c1-3-34-22-6-4-8-24(35)29(22)28(30-23(34)7-5-9-25(30)36)18-11-13-26(21(32)14-18)38-16-27(37)33-19-12-10-17(2)20(31)15-19/h10-15,28H,3-9,16H2,1-2H3,(H,33,37). The SMILES string of the molecule is CCN1C2=C(C(=O)CCC2)C(c2ccc(OCC(=O)Nc3ccc(C)c(Cl)c3)c(Cl)c2)C2=C1CCCC2=O. The van der Waals surface area contributed by atoms with Crippen LogP contribution in [0.25, 0.3) is 0 Å². The molecule has 0 unspecified atom stereocenters. The van der Waals surface area contributed by atoms with Crippen LogP contribution in [-0.2, 0) is 14.4 Å². The first-order valence-corrected chi connectivity index (χ1v) is 13.8. The van der Waals surface area contributed by atoms with Gasteiger partial charge < -0.3 is 15.0 Å². The van der Waals surface area contributed by atoms with Crippen molar-refractivity contribution in [2.75, 3.05) is 18.5 Å². The Labute approximate surface area is 232 Å². The summed E-state index contributed by atoms with van der Waals surface area (Å²) in [7, 11) is 0. The van der Waals surface area contributed by atoms with Gasteiger partial charge in [-0.3, -0.25) is 14.4 Å². The van der Waals surface area contributed by atoms with Crippen LogP contribution in [0.5, 0.6) is 5.75 Å². The van der Waals surface area contributed by atoms with Crippen molar-refractivity contribution in [1.82, 2.24) is 4.90 Å². The second-order valence-electron chi connectivity index (χ2n) is 9.94. The van der Waals surface area contributed by atoms with Crippen LogP contribution in [0.3, 0.4) is 0 Å². The topological polar surface area (TPSA) is 75.7 Å². The molecular weight excluding hydrogens is 523 g/mol. The molecule has 1 heterocycles. The van der Waals surface area contributed by atoms with Crippen molar-refractivity contribution in [3.8, 4) is 5.75 Å². The molecule has 38 heavy (non-hydrogen) atoms. The van der Waals surface area contributed by atoms with Gasteiger partial charge >= 0.3 is 0 Å². The quantitative estimate of drug-likeness (QED) is 0.428. The van der Waals surface area contributed by atoms with Crippen molar-refractivity contribution in [3.63, 3.8) is 0 Å². The number of aryl methyl sites for hydroxylation is 1. The number of carbonyl (C=O) groups is 3. The van der Waals surface area contributed by atoms with Crippen LogP contribution >= 0.6 is 23.2 Å². The summed E-state index contributed by atoms with van der Waals surface area (Å²) >= 11 is 12.8. The minimum absolute atomic E-state index is 0.101. The van der Waals surface area contributed by atoms with E-state index in [2.05, 4.69) is 17.1 Å². The first-order valence-electron chi connectivity index (χ1n) is 13.1. The fraction of sp³-hybridized carbons (Fsp3) is 0.367. The molecule has 5 rings (SSSR count). The summed E-state index contributed by atoms with van der Waals surface area (Å²) in [4.78, 5) is 41.1. The Bertz CT molecular complexity index is 1350. The number of anilines is 1. The van der Waals surface area contributed by atoms with Gasteiger partial charge in [-0.05, 0) is 74.9 Å². The van der Waals surface area contributed by atoms with Gasteiger partial charge in [-0.25, -0.2) is 0 Å². The van der Waals surface area contributed by atoms with Crippen molar-refractivity contribution in [2.45, 2.75) is 58.3 Å². The molecular formula is C30H30Cl2N2O4. The Morgan fingerprint density at radius 1 is 0.947 bits per heavy atom. The molecule has 0 atom stereocenters. The number of amides is 1. The Kier molecular flexibility index (Phi) is 7.64. The maximum Gasteiger partial charge on any atom is 0.262 e. The molecule has 0 fully saturated rings. The van der Waals surface area contributed by atoms with Crippen molar-refractivity contribution < 1.29 is 19.1 Å². The van der Waals surface area contributed by atoms with Crippen LogP contribution in [0.4, 0.5) is 5.69 Å². The summed E-state index contributed by atoms with van der Waals surface area (Å²) in [6.07, 6.45) is 4.27. The highest BCUT2D eigenvalue weighted by atomic mass is 35.5. The molecule has 0 saturated heterocycles. The molecule has 0 saturated carbocycles. The van der Waals surface area contributed by atoms with Gasteiger partial charge in [-0.2, -0.15) is 0 Å². The second-order valence-corrected chi connectivity index (χ2v) is 10.8. The largest absolute Gasteiger partial charge is 0.482 e. The number of hydrogen-bond donors (Lipinski definition) is 1. The van der Waals surface area contributed by atoms with Gasteiger partial charge in [0, 0.05) is 58.6 Å². The average molecular weight is 553 g/mol. The second kappa shape index (κ2) is 11.0. The number of carbonyl (C=O) groups excluding carboxylic acids is 3. The fourth-order valence-corrected chi connectivity index (χ4v) is 6.18. The molecule has 1 amide bonds. The highest BCUT2D eigenvalue weighted by Crippen LogP contribution is 2.49. The number of nitrogens with one attached hydrogen (secondary N) is 1. The van der Waals surface area contributed by atoms with Crippen molar-refractivity contribution in [1.29, 1.82) is 0 Å². The molecule has 0 radical (unpaired) electrons. The van der Waals surface area contributed by atoms with Crippen LogP contribution in [0.15, 0.2) is 58.9 Å². The van der Waals surface area contributed by atoms with E-state index in [1.165, 1.54) is 0 Å². The molecule has 1 aliphatic heterocycles. The summed E-state index contributed by atoms with van der Waals surface area (Å²) in [5, 5.41) is 3.65. The van der Waals surface area contributed by atoms with Crippen LogP contribution in [0.1, 0.15) is 62.5 Å². The zero-order valence-corrected chi connectivity index (χ0v) is 23.0. The monoisotopic (exact) mass is 552 g/mol. The maximum absolute atomic E-state index is 13.2. The average Bonchev–Trinajstić information content (AvgIpc) is 2.89. The van der Waals surface area contributed by atoms with Crippen LogP contribution < -0.4 is 10.1 Å². The number of Topliss-reactive ketones (excluding diaryl/α,β-unsaturated/α-hetero) is 2. The van der Waals surface area contributed by atoms with Crippen molar-refractivity contribution in [2.24, 2.45) is 0 Å². The fourth-order valence-electron chi connectivity index (χ4n) is 5.76. The van der Waals surface area contributed by atoms with Gasteiger partial charge in [0.25, 0.3) is 5.91 Å². The molecule has 3 aliphatic rings. The maximum atomic E-state index is 13.2. The van der Waals surface area contributed by atoms with Crippen molar-refractivity contribution >= 4 is 46.4 Å². The van der Waals surface area contributed by atoms with E-state index in [9.17, 15) is 14.4 Å². The van der Waals surface area contributed by atoms with E-state index in [1.807, 2.05) is 19.1 Å². The van der Waals surface area contributed by atoms with Gasteiger partial charge in [-0.15, -0.1) is 0 Å². The minimum Gasteiger partial charge on any atom is -0.482 e. The summed E-state index contributed by atoms with van der Waals surface area (Å²) in [6.45, 7) is 4.45. The van der Waals surface area contributed by atoms with Crippen LogP contribution in [-0.4, -0.2) is 35.5 Å². The summed E-state index contributed by atoms with van der Waals surface area (Å²) in [5.41, 5.74) is 5.85. The third kappa shape index (κ3) is 4.99. The van der Waals surface area contributed by atoms with E-state index in [4.69, 9.17) is 27.9 Å². The van der Waals surface area contributed by atoms with E-state index in [0.717, 1.165) is 65.9 Å². The third-order valence-corrected chi connectivity index (χ3v) is 8.21. The van der Waals surface area contributed by atoms with Crippen LogP contribution in [0.2, 0.25) is 10.0 Å². The van der Waals surface area contributed by atoms with Gasteiger partial charge in [0.1, 0.15) is 5.75 Å². The number of allylic oxidation sites excluding steroid dienone is 4. The van der Waals surface area contributed by atoms with E-state index in [0.29, 0.717) is 34.3 Å². The molecule has 8 heteroatoms. The highest BCUT2D eigenvalue weighted by molar-refractivity contribution is 6.32. The summed E-state index contributed by atoms with van der Waals surface area (Å²) in [5.74, 6) is -0.216. The van der Waals surface area contributed by atoms with Gasteiger partial charge in [-0.1, -0.05) is 35.3 Å². The highest BCUT2D eigenvalue weighted by Gasteiger charge is 2.42. The number of ketones is 2. The summed E-state index contributed by atoms with van der Waals surface area (Å²) < 4.78 is 5.71.